The van der Waals surface area contributed by atoms with Crippen molar-refractivity contribution in [3.63, 3.8) is 0 Å². The van der Waals surface area contributed by atoms with Gasteiger partial charge in [0.15, 0.2) is 0 Å². The second kappa shape index (κ2) is 6.57. The normalized spacial score (nSPS) is 11.3. The first-order chi connectivity index (χ1) is 8.43. The third kappa shape index (κ3) is 4.90. The van der Waals surface area contributed by atoms with E-state index in [4.69, 9.17) is 5.84 Å². The lowest BCUT2D eigenvalue weighted by atomic mass is 10.3. The monoisotopic (exact) mass is 281 g/mol. The number of aromatic nitrogens is 1. The van der Waals surface area contributed by atoms with Crippen molar-refractivity contribution in [2.45, 2.75) is 17.6 Å². The number of rotatable bonds is 5. The third-order valence-electron chi connectivity index (χ3n) is 1.79. The molecular formula is C9H10F3N3O2S. The molecule has 0 saturated heterocycles. The zero-order valence-corrected chi connectivity index (χ0v) is 9.85. The Balaban J connectivity index is 2.42. The molecule has 1 aromatic heterocycles. The summed E-state index contributed by atoms with van der Waals surface area (Å²) in [6.07, 6.45) is -3.58. The first-order valence-corrected chi connectivity index (χ1v) is 5.73. The highest BCUT2D eigenvalue weighted by atomic mass is 32.2. The van der Waals surface area contributed by atoms with Crippen molar-refractivity contribution in [1.82, 2.24) is 10.6 Å². The molecule has 100 valence electrons. The van der Waals surface area contributed by atoms with E-state index in [1.54, 1.807) is 5.59 Å². The minimum absolute atomic E-state index is 0.0670. The summed E-state index contributed by atoms with van der Waals surface area (Å²) < 4.78 is 36.7. The Labute approximate surface area is 105 Å². The van der Waals surface area contributed by atoms with Gasteiger partial charge in [-0.25, -0.2) is 10.8 Å². The molecule has 0 atom stereocenters. The molecule has 0 aliphatic carbocycles. The minimum Gasteiger partial charge on any atom is -0.356 e. The minimum atomic E-state index is -4.40. The van der Waals surface area contributed by atoms with Crippen molar-refractivity contribution in [3.8, 4) is 0 Å². The summed E-state index contributed by atoms with van der Waals surface area (Å²) in [6.45, 7) is 0. The SMILES string of the molecule is NNOC(=O)CCSc1ccc(C(F)(F)F)cn1. The van der Waals surface area contributed by atoms with Crippen LogP contribution in [0.3, 0.4) is 0 Å². The van der Waals surface area contributed by atoms with Gasteiger partial charge < -0.3 is 4.84 Å². The van der Waals surface area contributed by atoms with Crippen molar-refractivity contribution in [1.29, 1.82) is 0 Å². The molecule has 0 aliphatic rings. The predicted molar refractivity (Wildman–Crippen MR) is 58.0 cm³/mol. The maximum absolute atomic E-state index is 12.2. The average molecular weight is 281 g/mol. The largest absolute Gasteiger partial charge is 0.417 e. The molecule has 0 bridgehead atoms. The van der Waals surface area contributed by atoms with Crippen LogP contribution >= 0.6 is 11.8 Å². The number of hydrogen-bond acceptors (Lipinski definition) is 6. The molecule has 1 heterocycles. The van der Waals surface area contributed by atoms with E-state index in [1.165, 1.54) is 6.07 Å². The second-order valence-corrected chi connectivity index (χ2v) is 4.19. The standard InChI is InChI=1S/C9H10F3N3O2S/c10-9(11,12)6-1-2-7(14-5-6)18-4-3-8(16)17-15-13/h1-2,5,15H,3-4,13H2. The van der Waals surface area contributed by atoms with Crippen LogP contribution in [-0.2, 0) is 15.8 Å². The number of carbonyl (C=O) groups excluding carboxylic acids is 1. The summed E-state index contributed by atoms with van der Waals surface area (Å²) >= 11 is 1.15. The summed E-state index contributed by atoms with van der Waals surface area (Å²) in [5, 5.41) is 0.400. The lowest BCUT2D eigenvalue weighted by molar-refractivity contribution is -0.150. The molecule has 0 amide bonds. The molecule has 0 saturated carbocycles. The van der Waals surface area contributed by atoms with Crippen molar-refractivity contribution < 1.29 is 22.8 Å². The number of nitrogens with one attached hydrogen (secondary N) is 1. The number of alkyl halides is 3. The van der Waals surface area contributed by atoms with Crippen LogP contribution in [0.5, 0.6) is 0 Å². The summed E-state index contributed by atoms with van der Waals surface area (Å²) in [4.78, 5) is 18.8. The zero-order chi connectivity index (χ0) is 13.6. The summed E-state index contributed by atoms with van der Waals surface area (Å²) in [5.41, 5.74) is 0.934. The number of hydrogen-bond donors (Lipinski definition) is 2. The lowest BCUT2D eigenvalue weighted by Crippen LogP contribution is -2.26. The molecule has 9 heteroatoms. The maximum Gasteiger partial charge on any atom is 0.417 e. The highest BCUT2D eigenvalue weighted by molar-refractivity contribution is 7.99. The lowest BCUT2D eigenvalue weighted by Gasteiger charge is -2.06. The van der Waals surface area contributed by atoms with E-state index in [1.807, 2.05) is 0 Å². The van der Waals surface area contributed by atoms with E-state index < -0.39 is 17.7 Å². The van der Waals surface area contributed by atoms with Crippen LogP contribution in [0, 0.1) is 0 Å². The molecule has 0 aromatic carbocycles. The average Bonchev–Trinajstić information content (AvgIpc) is 2.29. The van der Waals surface area contributed by atoms with Crippen LogP contribution in [-0.4, -0.2) is 16.7 Å². The summed E-state index contributed by atoms with van der Waals surface area (Å²) in [5.74, 6) is 4.52. The maximum atomic E-state index is 12.2. The van der Waals surface area contributed by atoms with E-state index in [0.29, 0.717) is 10.8 Å². The molecule has 18 heavy (non-hydrogen) atoms. The quantitative estimate of drug-likeness (QED) is 0.484. The number of hydrazine groups is 1. The fraction of sp³-hybridized carbons (Fsp3) is 0.333. The molecule has 1 aromatic rings. The number of nitrogens with zero attached hydrogens (tertiary/aromatic N) is 1. The van der Waals surface area contributed by atoms with Gasteiger partial charge in [-0.1, -0.05) is 5.59 Å². The molecular weight excluding hydrogens is 271 g/mol. The molecule has 1 rings (SSSR count). The fourth-order valence-electron chi connectivity index (χ4n) is 0.989. The fourth-order valence-corrected chi connectivity index (χ4v) is 1.76. The number of carbonyl (C=O) groups is 1. The van der Waals surface area contributed by atoms with E-state index in [9.17, 15) is 18.0 Å². The van der Waals surface area contributed by atoms with Crippen LogP contribution in [0.2, 0.25) is 0 Å². The van der Waals surface area contributed by atoms with Gasteiger partial charge in [0.05, 0.1) is 17.0 Å². The predicted octanol–water partition coefficient (Wildman–Crippen LogP) is 1.50. The van der Waals surface area contributed by atoms with E-state index >= 15 is 0 Å². The van der Waals surface area contributed by atoms with Gasteiger partial charge in [0.25, 0.3) is 0 Å². The Hall–Kier alpha value is -1.32. The number of nitrogens with two attached hydrogens (primary N) is 1. The molecule has 5 nitrogen and oxygen atoms in total. The van der Waals surface area contributed by atoms with Crippen LogP contribution in [0.1, 0.15) is 12.0 Å². The molecule has 0 fully saturated rings. The molecule has 3 N–H and O–H groups in total. The van der Waals surface area contributed by atoms with Gasteiger partial charge in [0.2, 0.25) is 0 Å². The smallest absolute Gasteiger partial charge is 0.356 e. The Morgan fingerprint density at radius 1 is 1.50 bits per heavy atom. The molecule has 0 radical (unpaired) electrons. The first kappa shape index (κ1) is 14.7. The van der Waals surface area contributed by atoms with Crippen LogP contribution in [0.25, 0.3) is 0 Å². The second-order valence-electron chi connectivity index (χ2n) is 3.07. The molecule has 0 spiro atoms. The van der Waals surface area contributed by atoms with Gasteiger partial charge in [-0.05, 0) is 12.1 Å². The third-order valence-corrected chi connectivity index (χ3v) is 2.74. The van der Waals surface area contributed by atoms with Crippen molar-refractivity contribution in [2.24, 2.45) is 5.84 Å². The summed E-state index contributed by atoms with van der Waals surface area (Å²) in [7, 11) is 0. The van der Waals surface area contributed by atoms with Gasteiger partial charge in [-0.3, -0.25) is 4.79 Å². The Bertz CT molecular complexity index is 397. The topological polar surface area (TPSA) is 77.2 Å². The van der Waals surface area contributed by atoms with Gasteiger partial charge >= 0.3 is 12.1 Å². The number of halogens is 3. The van der Waals surface area contributed by atoms with Crippen molar-refractivity contribution in [2.75, 3.05) is 5.75 Å². The van der Waals surface area contributed by atoms with Gasteiger partial charge in [-0.15, -0.1) is 11.8 Å². The first-order valence-electron chi connectivity index (χ1n) is 4.75. The van der Waals surface area contributed by atoms with E-state index in [0.717, 1.165) is 24.0 Å². The number of pyridine rings is 1. The molecule has 0 aliphatic heterocycles. The van der Waals surface area contributed by atoms with E-state index in [-0.39, 0.29) is 6.42 Å². The summed E-state index contributed by atoms with van der Waals surface area (Å²) in [6, 6.07) is 2.19. The van der Waals surface area contributed by atoms with Crippen LogP contribution in [0.15, 0.2) is 23.4 Å². The molecule has 0 unspecified atom stereocenters. The Kier molecular flexibility index (Phi) is 5.38. The number of thioether (sulfide) groups is 1. The highest BCUT2D eigenvalue weighted by Crippen LogP contribution is 2.29. The van der Waals surface area contributed by atoms with Gasteiger partial charge in [0.1, 0.15) is 0 Å². The van der Waals surface area contributed by atoms with E-state index in [2.05, 4.69) is 9.82 Å². The Morgan fingerprint density at radius 2 is 2.22 bits per heavy atom. The van der Waals surface area contributed by atoms with Gasteiger partial charge in [-0.2, -0.15) is 13.2 Å². The zero-order valence-electron chi connectivity index (χ0n) is 9.03. The van der Waals surface area contributed by atoms with Gasteiger partial charge in [0, 0.05) is 11.9 Å². The van der Waals surface area contributed by atoms with Crippen molar-refractivity contribution >= 4 is 17.7 Å². The van der Waals surface area contributed by atoms with Crippen LogP contribution < -0.4 is 11.4 Å². The van der Waals surface area contributed by atoms with Crippen LogP contribution in [0.4, 0.5) is 13.2 Å². The van der Waals surface area contributed by atoms with Crippen molar-refractivity contribution in [3.05, 3.63) is 23.9 Å². The highest BCUT2D eigenvalue weighted by Gasteiger charge is 2.30. The Morgan fingerprint density at radius 3 is 2.72 bits per heavy atom.